The van der Waals surface area contributed by atoms with Crippen LogP contribution in [0.5, 0.6) is 0 Å². The Morgan fingerprint density at radius 1 is 1.05 bits per heavy atom. The molecule has 4 heterocycles. The molecule has 2 aliphatic heterocycles. The molecule has 0 aliphatic carbocycles. The average molecular weight is 604 g/mol. The summed E-state index contributed by atoms with van der Waals surface area (Å²) in [5, 5.41) is 0.306. The van der Waals surface area contributed by atoms with E-state index in [1.54, 1.807) is 60.4 Å². The molecular formula is C34H25N3O6S. The summed E-state index contributed by atoms with van der Waals surface area (Å²) in [5.41, 5.74) is 0.951. The number of para-hydroxylation sites is 2. The molecule has 1 unspecified atom stereocenters. The molecule has 0 N–H and O–H groups in total. The van der Waals surface area contributed by atoms with E-state index < -0.39 is 28.8 Å². The van der Waals surface area contributed by atoms with Gasteiger partial charge in [0.05, 0.1) is 28.9 Å². The van der Waals surface area contributed by atoms with E-state index in [4.69, 9.17) is 9.15 Å². The van der Waals surface area contributed by atoms with Gasteiger partial charge in [0.1, 0.15) is 17.1 Å². The minimum atomic E-state index is -1.93. The number of hydrogen-bond donors (Lipinski definition) is 0. The number of amides is 2. The summed E-state index contributed by atoms with van der Waals surface area (Å²) in [5.74, 6) is -2.08. The maximum Gasteiger partial charge on any atom is 0.350 e. The molecule has 0 saturated heterocycles. The van der Waals surface area contributed by atoms with Crippen molar-refractivity contribution in [2.45, 2.75) is 25.9 Å². The molecule has 44 heavy (non-hydrogen) atoms. The highest BCUT2D eigenvalue weighted by molar-refractivity contribution is 7.17. The number of hydrogen-bond acceptors (Lipinski definition) is 8. The van der Waals surface area contributed by atoms with Crippen LogP contribution in [0, 0.1) is 13.8 Å². The first-order valence-electron chi connectivity index (χ1n) is 13.9. The molecule has 0 radical (unpaired) electrons. The van der Waals surface area contributed by atoms with Crippen molar-refractivity contribution >= 4 is 50.9 Å². The number of carbonyl (C=O) groups is 3. The number of fused-ring (bicyclic) bond motifs is 5. The lowest BCUT2D eigenvalue weighted by atomic mass is 9.84. The lowest BCUT2D eigenvalue weighted by Crippen LogP contribution is -2.53. The van der Waals surface area contributed by atoms with Crippen molar-refractivity contribution in [3.05, 3.63) is 134 Å². The van der Waals surface area contributed by atoms with E-state index in [1.807, 2.05) is 31.2 Å². The third-order valence-corrected chi connectivity index (χ3v) is 9.07. The second-order valence-electron chi connectivity index (χ2n) is 10.7. The van der Waals surface area contributed by atoms with Crippen molar-refractivity contribution in [3.63, 3.8) is 0 Å². The summed E-state index contributed by atoms with van der Waals surface area (Å²) >= 11 is 0.915. The predicted molar refractivity (Wildman–Crippen MR) is 166 cm³/mol. The normalized spacial score (nSPS) is 17.0. The van der Waals surface area contributed by atoms with Gasteiger partial charge in [0.25, 0.3) is 11.8 Å². The Balaban J connectivity index is 1.51. The second-order valence-corrected chi connectivity index (χ2v) is 11.7. The van der Waals surface area contributed by atoms with Gasteiger partial charge in [0.2, 0.25) is 5.76 Å². The van der Waals surface area contributed by atoms with Crippen LogP contribution in [-0.4, -0.2) is 29.4 Å². The number of benzene rings is 3. The predicted octanol–water partition coefficient (Wildman–Crippen LogP) is 5.66. The highest BCUT2D eigenvalue weighted by atomic mass is 32.1. The van der Waals surface area contributed by atoms with E-state index in [2.05, 4.69) is 11.6 Å². The number of aryl methyl sites for hydroxylation is 2. The van der Waals surface area contributed by atoms with Crippen LogP contribution in [0.4, 0.5) is 10.8 Å². The summed E-state index contributed by atoms with van der Waals surface area (Å²) in [7, 11) is 0. The summed E-state index contributed by atoms with van der Waals surface area (Å²) < 4.78 is 11.4. The highest BCUT2D eigenvalue weighted by Crippen LogP contribution is 2.55. The molecule has 2 aliphatic rings. The van der Waals surface area contributed by atoms with Crippen LogP contribution < -0.4 is 15.2 Å². The molecule has 218 valence electrons. The number of thiazole rings is 1. The maximum atomic E-state index is 15.0. The lowest BCUT2D eigenvalue weighted by Gasteiger charge is -2.32. The van der Waals surface area contributed by atoms with Gasteiger partial charge in [-0.1, -0.05) is 84.2 Å². The van der Waals surface area contributed by atoms with Gasteiger partial charge >= 0.3 is 5.97 Å². The number of rotatable bonds is 6. The first kappa shape index (κ1) is 27.5. The summed E-state index contributed by atoms with van der Waals surface area (Å²) in [4.78, 5) is 64.3. The van der Waals surface area contributed by atoms with Crippen LogP contribution >= 0.6 is 11.3 Å². The average Bonchev–Trinajstić information content (AvgIpc) is 3.61. The quantitative estimate of drug-likeness (QED) is 0.182. The molecule has 0 fully saturated rings. The van der Waals surface area contributed by atoms with E-state index in [-0.39, 0.29) is 45.5 Å². The van der Waals surface area contributed by atoms with Gasteiger partial charge in [0, 0.05) is 5.56 Å². The summed E-state index contributed by atoms with van der Waals surface area (Å²) in [6, 6.07) is 21.5. The first-order valence-corrected chi connectivity index (χ1v) is 14.7. The van der Waals surface area contributed by atoms with Crippen LogP contribution in [0.1, 0.15) is 48.2 Å². The molecular weight excluding hydrogens is 578 g/mol. The Morgan fingerprint density at radius 3 is 2.61 bits per heavy atom. The summed E-state index contributed by atoms with van der Waals surface area (Å²) in [6.45, 7) is 7.36. The van der Waals surface area contributed by atoms with Crippen molar-refractivity contribution in [2.24, 2.45) is 0 Å². The minimum absolute atomic E-state index is 0.00563. The van der Waals surface area contributed by atoms with Crippen LogP contribution in [0.25, 0.3) is 11.0 Å². The van der Waals surface area contributed by atoms with Crippen LogP contribution in [-0.2, 0) is 21.6 Å². The Labute approximate surface area is 255 Å². The molecule has 10 heteroatoms. The zero-order chi connectivity index (χ0) is 30.7. The molecule has 1 spiro atoms. The van der Waals surface area contributed by atoms with Gasteiger partial charge < -0.3 is 14.1 Å². The molecule has 2 aromatic heterocycles. The fourth-order valence-corrected chi connectivity index (χ4v) is 7.14. The fraction of sp³-hybridized carbons (Fsp3) is 0.147. The number of aromatic nitrogens is 1. The van der Waals surface area contributed by atoms with E-state index in [1.165, 1.54) is 11.0 Å². The third-order valence-electron chi connectivity index (χ3n) is 7.95. The Morgan fingerprint density at radius 2 is 1.82 bits per heavy atom. The monoisotopic (exact) mass is 603 g/mol. The van der Waals surface area contributed by atoms with Crippen molar-refractivity contribution in [3.8, 4) is 0 Å². The lowest BCUT2D eigenvalue weighted by molar-refractivity contribution is -0.121. The van der Waals surface area contributed by atoms with Gasteiger partial charge in [-0.3, -0.25) is 19.3 Å². The van der Waals surface area contributed by atoms with Gasteiger partial charge in [-0.05, 0) is 37.6 Å². The van der Waals surface area contributed by atoms with Crippen LogP contribution in [0.2, 0.25) is 0 Å². The van der Waals surface area contributed by atoms with Gasteiger partial charge in [-0.25, -0.2) is 9.78 Å². The smallest absolute Gasteiger partial charge is 0.350 e. The Bertz CT molecular complexity index is 2110. The Kier molecular flexibility index (Phi) is 6.33. The highest BCUT2D eigenvalue weighted by Gasteiger charge is 2.66. The SMILES string of the molecule is C=CCOC(=O)c1sc(N2C(=O)c3oc4ccccc4c(=O)c3C23C(=O)N(Cc2cccc(C)c2)c2ccccc23)nc1C. The van der Waals surface area contributed by atoms with Gasteiger partial charge in [-0.15, -0.1) is 0 Å². The molecule has 0 bridgehead atoms. The van der Waals surface area contributed by atoms with E-state index in [0.29, 0.717) is 16.9 Å². The number of carbonyl (C=O) groups excluding carboxylic acids is 3. The molecule has 0 saturated carbocycles. The molecule has 7 rings (SSSR count). The maximum absolute atomic E-state index is 15.0. The van der Waals surface area contributed by atoms with Gasteiger partial charge in [-0.2, -0.15) is 0 Å². The van der Waals surface area contributed by atoms with Crippen LogP contribution in [0.15, 0.2) is 94.7 Å². The standard InChI is InChI=1S/C34H25N3O6S/c1-4-16-42-31(40)29-20(3)35-33(44-29)37-30(39)28-26(27(38)22-12-5-8-15-25(22)43-28)34(37)23-13-6-7-14-24(23)36(32(34)41)18-21-11-9-10-19(2)17-21/h4-15,17H,1,16,18H2,2-3H3. The van der Waals surface area contributed by atoms with Gasteiger partial charge in [0.15, 0.2) is 16.1 Å². The zero-order valence-corrected chi connectivity index (χ0v) is 24.6. The van der Waals surface area contributed by atoms with Crippen molar-refractivity contribution in [1.29, 1.82) is 0 Å². The second kappa shape index (κ2) is 10.1. The molecule has 5 aromatic rings. The molecule has 2 amide bonds. The number of anilines is 2. The number of ether oxygens (including phenoxy) is 1. The van der Waals surface area contributed by atoms with Crippen LogP contribution in [0.3, 0.4) is 0 Å². The van der Waals surface area contributed by atoms with E-state index >= 15 is 4.79 Å². The van der Waals surface area contributed by atoms with Crippen molar-refractivity contribution < 1.29 is 23.5 Å². The molecule has 9 nitrogen and oxygen atoms in total. The van der Waals surface area contributed by atoms with Crippen molar-refractivity contribution in [2.75, 3.05) is 16.4 Å². The zero-order valence-electron chi connectivity index (χ0n) is 23.8. The molecule has 1 atom stereocenters. The van der Waals surface area contributed by atoms with Crippen molar-refractivity contribution in [1.82, 2.24) is 4.98 Å². The number of esters is 1. The first-order chi connectivity index (χ1) is 21.3. The minimum Gasteiger partial charge on any atom is -0.457 e. The Hall–Kier alpha value is -5.35. The summed E-state index contributed by atoms with van der Waals surface area (Å²) in [6.07, 6.45) is 1.45. The third kappa shape index (κ3) is 3.80. The largest absolute Gasteiger partial charge is 0.457 e. The topological polar surface area (TPSA) is 110 Å². The van der Waals surface area contributed by atoms with E-state index in [9.17, 15) is 14.4 Å². The fourth-order valence-electron chi connectivity index (χ4n) is 6.13. The molecule has 3 aromatic carbocycles. The number of nitrogens with zero attached hydrogens (tertiary/aromatic N) is 3. The van der Waals surface area contributed by atoms with E-state index in [0.717, 1.165) is 22.5 Å².